The smallest absolute Gasteiger partial charge is 0.410 e. The number of nitrogens with zero attached hydrogens (tertiary/aromatic N) is 3. The molecular weight excluding hydrogens is 384 g/mol. The zero-order valence-electron chi connectivity index (χ0n) is 15.0. The van der Waals surface area contributed by atoms with Crippen molar-refractivity contribution in [3.8, 4) is 6.07 Å². The maximum atomic E-state index is 12.5. The number of nitriles is 1. The highest BCUT2D eigenvalue weighted by atomic mass is 32.1. The van der Waals surface area contributed by atoms with E-state index < -0.39 is 12.0 Å². The van der Waals surface area contributed by atoms with Crippen LogP contribution >= 0.6 is 11.3 Å². The number of hydrogen-bond acceptors (Lipinski definition) is 8. The predicted octanol–water partition coefficient (Wildman–Crippen LogP) is 3.08. The van der Waals surface area contributed by atoms with E-state index in [9.17, 15) is 20.1 Å². The van der Waals surface area contributed by atoms with Crippen LogP contribution < -0.4 is 10.5 Å². The van der Waals surface area contributed by atoms with Gasteiger partial charge in [-0.3, -0.25) is 10.0 Å². The lowest BCUT2D eigenvalue weighted by Crippen LogP contribution is -2.35. The predicted molar refractivity (Wildman–Crippen MR) is 102 cm³/mol. The van der Waals surface area contributed by atoms with Crippen LogP contribution in [-0.2, 0) is 17.7 Å². The van der Waals surface area contributed by atoms with Gasteiger partial charge in [0.15, 0.2) is 0 Å². The average Bonchev–Trinajstić information content (AvgIpc) is 3.04. The summed E-state index contributed by atoms with van der Waals surface area (Å²) in [6.07, 6.45) is 0.107. The van der Waals surface area contributed by atoms with E-state index in [4.69, 9.17) is 9.94 Å². The zero-order valence-corrected chi connectivity index (χ0v) is 15.8. The van der Waals surface area contributed by atoms with Gasteiger partial charge in [0.1, 0.15) is 11.1 Å². The molecule has 2 amide bonds. The molecule has 1 aromatic carbocycles. The molecule has 0 spiro atoms. The van der Waals surface area contributed by atoms with Gasteiger partial charge in [-0.05, 0) is 43.2 Å². The Balaban J connectivity index is 1.79. The van der Waals surface area contributed by atoms with Gasteiger partial charge in [-0.25, -0.2) is 4.79 Å². The first-order chi connectivity index (χ1) is 13.4. The number of fused-ring (bicyclic) bond motifs is 1. The normalized spacial score (nSPS) is 12.7. The van der Waals surface area contributed by atoms with Crippen molar-refractivity contribution in [2.24, 2.45) is 0 Å². The van der Waals surface area contributed by atoms with Gasteiger partial charge in [-0.15, -0.1) is 11.3 Å². The molecule has 1 aromatic heterocycles. The Hall–Kier alpha value is -3.13. The summed E-state index contributed by atoms with van der Waals surface area (Å²) in [5, 5.41) is 32.1. The third-order valence-corrected chi connectivity index (χ3v) is 5.40. The number of carbonyl (C=O) groups excluding carboxylic acids is 2. The Morgan fingerprint density at radius 2 is 2.14 bits per heavy atom. The Kier molecular flexibility index (Phi) is 5.79. The third kappa shape index (κ3) is 3.91. The van der Waals surface area contributed by atoms with E-state index in [1.165, 1.54) is 35.6 Å². The van der Waals surface area contributed by atoms with E-state index in [0.29, 0.717) is 30.1 Å². The molecular formula is C18H17N4O5S-. The zero-order chi connectivity index (χ0) is 20.3. The van der Waals surface area contributed by atoms with Crippen LogP contribution in [0, 0.1) is 16.5 Å². The molecule has 10 heteroatoms. The van der Waals surface area contributed by atoms with Gasteiger partial charge < -0.3 is 25.4 Å². The lowest BCUT2D eigenvalue weighted by molar-refractivity contribution is 0.102. The summed E-state index contributed by atoms with van der Waals surface area (Å²) >= 11 is 1.25. The van der Waals surface area contributed by atoms with Crippen LogP contribution in [-0.4, -0.2) is 35.3 Å². The first-order valence-electron chi connectivity index (χ1n) is 8.48. The topological polar surface area (TPSA) is 129 Å². The maximum Gasteiger partial charge on any atom is 0.410 e. The number of hydrogen-bond donors (Lipinski definition) is 2. The quantitative estimate of drug-likeness (QED) is 0.753. The fourth-order valence-electron chi connectivity index (χ4n) is 2.90. The maximum absolute atomic E-state index is 12.5. The molecule has 1 aliphatic heterocycles. The standard InChI is InChI=1S/C18H17N4O5S/c1-2-27-18(24)21-8-7-13-14(9-19)17(28-15(13)10-21)20-16(23)11-3-5-12(6-4-11)22(25)26/h3-6,25H,2,7-8,10H2,1H3,(H,20,23)/q-1. The molecule has 0 bridgehead atoms. The van der Waals surface area contributed by atoms with Crippen molar-refractivity contribution in [1.29, 1.82) is 5.26 Å². The number of amides is 2. The fourth-order valence-corrected chi connectivity index (χ4v) is 4.10. The largest absolute Gasteiger partial charge is 0.733 e. The van der Waals surface area contributed by atoms with E-state index >= 15 is 0 Å². The van der Waals surface area contributed by atoms with E-state index in [0.717, 1.165) is 10.4 Å². The second kappa shape index (κ2) is 8.26. The van der Waals surface area contributed by atoms with Crippen LogP contribution in [0.2, 0.25) is 0 Å². The Labute approximate surface area is 164 Å². The number of anilines is 2. The number of rotatable bonds is 4. The molecule has 0 fully saturated rings. The van der Waals surface area contributed by atoms with Crippen LogP contribution in [0.4, 0.5) is 15.5 Å². The van der Waals surface area contributed by atoms with Crippen LogP contribution in [0.1, 0.15) is 33.3 Å². The molecule has 0 saturated carbocycles. The molecule has 2 heterocycles. The molecule has 0 saturated heterocycles. The minimum Gasteiger partial charge on any atom is -0.733 e. The highest BCUT2D eigenvalue weighted by Gasteiger charge is 2.28. The van der Waals surface area contributed by atoms with Crippen molar-refractivity contribution in [2.75, 3.05) is 23.7 Å². The lowest BCUT2D eigenvalue weighted by Gasteiger charge is -2.25. The molecule has 0 atom stereocenters. The van der Waals surface area contributed by atoms with Crippen molar-refractivity contribution in [2.45, 2.75) is 19.9 Å². The molecule has 146 valence electrons. The van der Waals surface area contributed by atoms with Crippen LogP contribution in [0.15, 0.2) is 24.3 Å². The third-order valence-electron chi connectivity index (χ3n) is 4.27. The van der Waals surface area contributed by atoms with Gasteiger partial charge in [0, 0.05) is 17.0 Å². The van der Waals surface area contributed by atoms with E-state index in [1.807, 2.05) is 0 Å². The number of ether oxygens (including phenoxy) is 1. The van der Waals surface area contributed by atoms with Crippen molar-refractivity contribution in [3.63, 3.8) is 0 Å². The first kappa shape index (κ1) is 19.6. The van der Waals surface area contributed by atoms with Gasteiger partial charge >= 0.3 is 6.09 Å². The van der Waals surface area contributed by atoms with Crippen molar-refractivity contribution < 1.29 is 19.5 Å². The van der Waals surface area contributed by atoms with Gasteiger partial charge in [-0.2, -0.15) is 5.26 Å². The lowest BCUT2D eigenvalue weighted by atomic mass is 10.0. The summed E-state index contributed by atoms with van der Waals surface area (Å²) in [7, 11) is 0. The highest BCUT2D eigenvalue weighted by Crippen LogP contribution is 2.37. The van der Waals surface area contributed by atoms with Crippen LogP contribution in [0.25, 0.3) is 0 Å². The molecule has 0 aliphatic carbocycles. The molecule has 3 rings (SSSR count). The molecule has 2 aromatic rings. The summed E-state index contributed by atoms with van der Waals surface area (Å²) in [6, 6.07) is 7.55. The molecule has 0 radical (unpaired) electrons. The molecule has 28 heavy (non-hydrogen) atoms. The van der Waals surface area contributed by atoms with Crippen LogP contribution in [0.5, 0.6) is 0 Å². The van der Waals surface area contributed by atoms with Crippen molar-refractivity contribution >= 4 is 34.0 Å². The summed E-state index contributed by atoms with van der Waals surface area (Å²) < 4.78 is 5.02. The molecule has 2 N–H and O–H groups in total. The highest BCUT2D eigenvalue weighted by molar-refractivity contribution is 7.16. The fraction of sp³-hybridized carbons (Fsp3) is 0.278. The SMILES string of the molecule is CCOC(=O)N1CCc2c(sc(NC(=O)c3ccc(N([O-])O)cc3)c2C#N)C1. The van der Waals surface area contributed by atoms with E-state index in [2.05, 4.69) is 11.4 Å². The van der Waals surface area contributed by atoms with Gasteiger partial charge in [0.2, 0.25) is 0 Å². The summed E-state index contributed by atoms with van der Waals surface area (Å²) in [6.45, 7) is 2.80. The monoisotopic (exact) mass is 401 g/mol. The first-order valence-corrected chi connectivity index (χ1v) is 9.30. The number of thiophene rings is 1. The Bertz CT molecular complexity index is 933. The summed E-state index contributed by atoms with van der Waals surface area (Å²) in [5.41, 5.74) is 1.50. The number of nitrogens with one attached hydrogen (secondary N) is 1. The van der Waals surface area contributed by atoms with Crippen molar-refractivity contribution in [3.05, 3.63) is 51.0 Å². The second-order valence-electron chi connectivity index (χ2n) is 5.96. The van der Waals surface area contributed by atoms with E-state index in [-0.39, 0.29) is 23.1 Å². The Morgan fingerprint density at radius 1 is 1.43 bits per heavy atom. The molecule has 0 unspecified atom stereocenters. The number of carbonyl (C=O) groups is 2. The summed E-state index contributed by atoms with van der Waals surface area (Å²) in [4.78, 5) is 26.8. The Morgan fingerprint density at radius 3 is 2.75 bits per heavy atom. The number of benzene rings is 1. The minimum absolute atomic E-state index is 0.0000849. The molecule has 1 aliphatic rings. The molecule has 9 nitrogen and oxygen atoms in total. The van der Waals surface area contributed by atoms with Gasteiger partial charge in [0.05, 0.1) is 24.4 Å². The second-order valence-corrected chi connectivity index (χ2v) is 7.07. The van der Waals surface area contributed by atoms with Gasteiger partial charge in [0.25, 0.3) is 5.91 Å². The van der Waals surface area contributed by atoms with Gasteiger partial charge in [-0.1, -0.05) is 0 Å². The van der Waals surface area contributed by atoms with E-state index in [1.54, 1.807) is 11.8 Å². The average molecular weight is 401 g/mol. The summed E-state index contributed by atoms with van der Waals surface area (Å²) in [5.74, 6) is -0.445. The minimum atomic E-state index is -0.445. The van der Waals surface area contributed by atoms with Crippen molar-refractivity contribution in [1.82, 2.24) is 4.90 Å². The van der Waals surface area contributed by atoms with Crippen LogP contribution in [0.3, 0.4) is 0 Å².